The molecule has 3 rings (SSSR count). The molecule has 132 valence electrons. The standard InChI is InChI=1S/C20H24N2O3/c1-2-25-19-5-3-4-17(20(19)23)14-21-18-8-6-16(7-9-18)15-22-10-12-24-13-11-22/h3-9,14,23H,2,10-13,15H2,1H3/p+1. The molecule has 1 aliphatic rings. The molecular formula is C20H25N2O3+. The average molecular weight is 341 g/mol. The van der Waals surface area contributed by atoms with Gasteiger partial charge in [-0.25, -0.2) is 0 Å². The highest BCUT2D eigenvalue weighted by Gasteiger charge is 2.13. The number of morpholine rings is 1. The van der Waals surface area contributed by atoms with Gasteiger partial charge in [0, 0.05) is 17.3 Å². The smallest absolute Gasteiger partial charge is 0.166 e. The number of aliphatic imine (C=N–C) groups is 1. The van der Waals surface area contributed by atoms with Crippen LogP contribution in [0.2, 0.25) is 0 Å². The lowest BCUT2D eigenvalue weighted by Crippen LogP contribution is -3.12. The van der Waals surface area contributed by atoms with Gasteiger partial charge in [0.15, 0.2) is 11.5 Å². The summed E-state index contributed by atoms with van der Waals surface area (Å²) in [5.74, 6) is 0.607. The maximum absolute atomic E-state index is 10.2. The van der Waals surface area contributed by atoms with Crippen LogP contribution < -0.4 is 9.64 Å². The van der Waals surface area contributed by atoms with E-state index in [1.807, 2.05) is 31.2 Å². The van der Waals surface area contributed by atoms with Gasteiger partial charge in [-0.1, -0.05) is 18.2 Å². The number of phenolic OH excluding ortho intramolecular Hbond substituents is 1. The molecule has 0 bridgehead atoms. The van der Waals surface area contributed by atoms with Crippen molar-refractivity contribution in [3.8, 4) is 11.5 Å². The van der Waals surface area contributed by atoms with E-state index in [1.165, 1.54) is 5.56 Å². The summed E-state index contributed by atoms with van der Waals surface area (Å²) in [6.07, 6.45) is 1.67. The number of nitrogens with one attached hydrogen (secondary N) is 1. The Kier molecular flexibility index (Phi) is 6.04. The van der Waals surface area contributed by atoms with Crippen molar-refractivity contribution in [2.45, 2.75) is 13.5 Å². The van der Waals surface area contributed by atoms with Crippen LogP contribution in [0.4, 0.5) is 5.69 Å². The highest BCUT2D eigenvalue weighted by molar-refractivity contribution is 5.86. The lowest BCUT2D eigenvalue weighted by atomic mass is 10.2. The van der Waals surface area contributed by atoms with Crippen LogP contribution in [-0.4, -0.2) is 44.2 Å². The second-order valence-electron chi connectivity index (χ2n) is 6.09. The Morgan fingerprint density at radius 2 is 1.92 bits per heavy atom. The second kappa shape index (κ2) is 8.65. The highest BCUT2D eigenvalue weighted by Crippen LogP contribution is 2.29. The lowest BCUT2D eigenvalue weighted by Gasteiger charge is -2.23. The summed E-state index contributed by atoms with van der Waals surface area (Å²) in [7, 11) is 0. The van der Waals surface area contributed by atoms with Crippen LogP contribution in [0.15, 0.2) is 47.5 Å². The van der Waals surface area contributed by atoms with Crippen LogP contribution in [0.1, 0.15) is 18.1 Å². The van der Waals surface area contributed by atoms with E-state index in [4.69, 9.17) is 9.47 Å². The van der Waals surface area contributed by atoms with Crippen LogP contribution in [0.5, 0.6) is 11.5 Å². The summed E-state index contributed by atoms with van der Waals surface area (Å²) in [6.45, 7) is 7.25. The number of ether oxygens (including phenoxy) is 2. The molecule has 2 N–H and O–H groups in total. The minimum atomic E-state index is 0.126. The maximum Gasteiger partial charge on any atom is 0.166 e. The number of quaternary nitrogens is 1. The molecule has 0 unspecified atom stereocenters. The molecule has 0 spiro atoms. The Hall–Kier alpha value is -2.37. The van der Waals surface area contributed by atoms with Crippen molar-refractivity contribution in [2.24, 2.45) is 4.99 Å². The Labute approximate surface area is 148 Å². The molecule has 0 amide bonds. The van der Waals surface area contributed by atoms with Gasteiger partial charge >= 0.3 is 0 Å². The van der Waals surface area contributed by atoms with Crippen molar-refractivity contribution in [3.63, 3.8) is 0 Å². The molecule has 1 saturated heterocycles. The van der Waals surface area contributed by atoms with Gasteiger partial charge in [-0.3, -0.25) is 4.99 Å². The summed E-state index contributed by atoms with van der Waals surface area (Å²) in [6, 6.07) is 13.7. The van der Waals surface area contributed by atoms with Crippen molar-refractivity contribution in [1.82, 2.24) is 0 Å². The van der Waals surface area contributed by atoms with E-state index < -0.39 is 0 Å². The third-order valence-corrected chi connectivity index (χ3v) is 4.27. The van der Waals surface area contributed by atoms with Crippen molar-refractivity contribution in [2.75, 3.05) is 32.9 Å². The van der Waals surface area contributed by atoms with Crippen LogP contribution >= 0.6 is 0 Å². The first-order valence-corrected chi connectivity index (χ1v) is 8.75. The molecule has 0 saturated carbocycles. The molecule has 25 heavy (non-hydrogen) atoms. The van der Waals surface area contributed by atoms with Crippen LogP contribution in [0, 0.1) is 0 Å². The number of para-hydroxylation sites is 1. The van der Waals surface area contributed by atoms with Gasteiger partial charge in [-0.05, 0) is 31.2 Å². The van der Waals surface area contributed by atoms with Gasteiger partial charge in [0.2, 0.25) is 0 Å². The Balaban J connectivity index is 1.65. The average Bonchev–Trinajstić information content (AvgIpc) is 2.65. The van der Waals surface area contributed by atoms with E-state index in [-0.39, 0.29) is 5.75 Å². The Morgan fingerprint density at radius 3 is 2.64 bits per heavy atom. The largest absolute Gasteiger partial charge is 0.504 e. The summed E-state index contributed by atoms with van der Waals surface area (Å²) < 4.78 is 10.8. The van der Waals surface area contributed by atoms with Gasteiger partial charge in [0.1, 0.15) is 19.6 Å². The van der Waals surface area contributed by atoms with E-state index in [1.54, 1.807) is 17.2 Å². The molecule has 1 heterocycles. The van der Waals surface area contributed by atoms with E-state index in [0.29, 0.717) is 17.9 Å². The topological polar surface area (TPSA) is 55.5 Å². The van der Waals surface area contributed by atoms with E-state index in [2.05, 4.69) is 17.1 Å². The summed E-state index contributed by atoms with van der Waals surface area (Å²) in [5, 5.41) is 10.2. The molecule has 0 radical (unpaired) electrons. The molecular weight excluding hydrogens is 316 g/mol. The third-order valence-electron chi connectivity index (χ3n) is 4.27. The number of hydrogen-bond donors (Lipinski definition) is 2. The fourth-order valence-corrected chi connectivity index (χ4v) is 2.88. The fraction of sp³-hybridized carbons (Fsp3) is 0.350. The molecule has 2 aromatic rings. The second-order valence-corrected chi connectivity index (χ2v) is 6.09. The third kappa shape index (κ3) is 4.81. The number of nitrogens with zero attached hydrogens (tertiary/aromatic N) is 1. The minimum absolute atomic E-state index is 0.126. The van der Waals surface area contributed by atoms with Crippen LogP contribution in [0.3, 0.4) is 0 Å². The molecule has 0 atom stereocenters. The number of aromatic hydroxyl groups is 1. The van der Waals surface area contributed by atoms with Gasteiger partial charge in [-0.2, -0.15) is 0 Å². The summed E-state index contributed by atoms with van der Waals surface area (Å²) in [5.41, 5.74) is 2.81. The van der Waals surface area contributed by atoms with E-state index >= 15 is 0 Å². The molecule has 2 aromatic carbocycles. The predicted octanol–water partition coefficient (Wildman–Crippen LogP) is 1.96. The minimum Gasteiger partial charge on any atom is -0.504 e. The predicted molar refractivity (Wildman–Crippen MR) is 98.2 cm³/mol. The first-order valence-electron chi connectivity index (χ1n) is 8.75. The molecule has 5 nitrogen and oxygen atoms in total. The van der Waals surface area contributed by atoms with Crippen LogP contribution in [-0.2, 0) is 11.3 Å². The number of benzene rings is 2. The molecule has 0 aliphatic carbocycles. The molecule has 1 fully saturated rings. The van der Waals surface area contributed by atoms with E-state index in [9.17, 15) is 5.11 Å². The zero-order valence-electron chi connectivity index (χ0n) is 14.6. The van der Waals surface area contributed by atoms with Gasteiger partial charge in [0.25, 0.3) is 0 Å². The van der Waals surface area contributed by atoms with Gasteiger partial charge < -0.3 is 19.5 Å². The van der Waals surface area contributed by atoms with Crippen LogP contribution in [0.25, 0.3) is 0 Å². The zero-order valence-corrected chi connectivity index (χ0v) is 14.6. The van der Waals surface area contributed by atoms with Gasteiger partial charge in [-0.15, -0.1) is 0 Å². The first kappa shape index (κ1) is 17.5. The van der Waals surface area contributed by atoms with Crippen molar-refractivity contribution in [1.29, 1.82) is 0 Å². The first-order chi connectivity index (χ1) is 12.3. The monoisotopic (exact) mass is 341 g/mol. The Bertz CT molecular complexity index is 707. The molecule has 1 aliphatic heterocycles. The lowest BCUT2D eigenvalue weighted by molar-refractivity contribution is -0.921. The zero-order chi connectivity index (χ0) is 17.5. The molecule has 0 aromatic heterocycles. The number of rotatable bonds is 6. The fourth-order valence-electron chi connectivity index (χ4n) is 2.88. The maximum atomic E-state index is 10.2. The SMILES string of the molecule is CCOc1cccc(C=Nc2ccc(C[NH+]3CCOCC3)cc2)c1O. The summed E-state index contributed by atoms with van der Waals surface area (Å²) >= 11 is 0. The summed E-state index contributed by atoms with van der Waals surface area (Å²) in [4.78, 5) is 6.01. The van der Waals surface area contributed by atoms with Crippen molar-refractivity contribution < 1.29 is 19.5 Å². The normalized spacial score (nSPS) is 15.6. The number of phenols is 1. The van der Waals surface area contributed by atoms with Gasteiger partial charge in [0.05, 0.1) is 25.5 Å². The molecule has 5 heteroatoms. The Morgan fingerprint density at radius 1 is 1.16 bits per heavy atom. The van der Waals surface area contributed by atoms with Crippen molar-refractivity contribution in [3.05, 3.63) is 53.6 Å². The highest BCUT2D eigenvalue weighted by atomic mass is 16.5. The quantitative estimate of drug-likeness (QED) is 0.790. The van der Waals surface area contributed by atoms with Crippen molar-refractivity contribution >= 4 is 11.9 Å². The number of hydrogen-bond acceptors (Lipinski definition) is 4. The van der Waals surface area contributed by atoms with E-state index in [0.717, 1.165) is 38.5 Å².